The number of hydrogen-bond donors (Lipinski definition) is 1. The lowest BCUT2D eigenvalue weighted by molar-refractivity contribution is -0.125. The van der Waals surface area contributed by atoms with Crippen molar-refractivity contribution < 1.29 is 4.79 Å². The van der Waals surface area contributed by atoms with Gasteiger partial charge in [0.2, 0.25) is 5.91 Å². The summed E-state index contributed by atoms with van der Waals surface area (Å²) in [4.78, 5) is 14.1. The SMILES string of the molecule is C[C@]12CCC(=O)NC1CCc1cc(Sc3cccc(Cl)c3)ccc12. The lowest BCUT2D eigenvalue weighted by atomic mass is 9.64. The molecule has 124 valence electrons. The summed E-state index contributed by atoms with van der Waals surface area (Å²) in [6.45, 7) is 2.30. The quantitative estimate of drug-likeness (QED) is 0.821. The monoisotopic (exact) mass is 357 g/mol. The average molecular weight is 358 g/mol. The molecule has 0 saturated carbocycles. The summed E-state index contributed by atoms with van der Waals surface area (Å²) in [6.07, 6.45) is 3.63. The number of carbonyl (C=O) groups excluding carboxylic acids is 1. The topological polar surface area (TPSA) is 29.1 Å². The van der Waals surface area contributed by atoms with Crippen LogP contribution in [0, 0.1) is 0 Å². The first-order valence-electron chi connectivity index (χ1n) is 8.41. The zero-order chi connectivity index (χ0) is 16.7. The number of carbonyl (C=O) groups is 1. The number of hydrogen-bond acceptors (Lipinski definition) is 2. The molecule has 2 aromatic rings. The molecule has 2 atom stereocenters. The van der Waals surface area contributed by atoms with Crippen LogP contribution in [-0.2, 0) is 16.6 Å². The van der Waals surface area contributed by atoms with Crippen molar-refractivity contribution >= 4 is 29.3 Å². The minimum absolute atomic E-state index is 0.0702. The lowest BCUT2D eigenvalue weighted by Crippen LogP contribution is -2.55. The van der Waals surface area contributed by atoms with E-state index >= 15 is 0 Å². The van der Waals surface area contributed by atoms with E-state index in [0.29, 0.717) is 6.42 Å². The standard InChI is InChI=1S/C20H20ClNOS/c1-20-10-9-19(23)22-18(20)8-5-13-11-16(6-7-17(13)20)24-15-4-2-3-14(21)12-15/h2-4,6-7,11-12,18H,5,8-10H2,1H3,(H,22,23)/t18?,20-/m1/s1. The summed E-state index contributed by atoms with van der Waals surface area (Å²) in [7, 11) is 0. The fraction of sp³-hybridized carbons (Fsp3) is 0.350. The second-order valence-electron chi connectivity index (χ2n) is 6.95. The number of amides is 1. The van der Waals surface area contributed by atoms with E-state index in [1.165, 1.54) is 16.0 Å². The molecule has 4 heteroatoms. The van der Waals surface area contributed by atoms with E-state index in [0.717, 1.165) is 29.2 Å². The van der Waals surface area contributed by atoms with Gasteiger partial charge in [-0.2, -0.15) is 0 Å². The maximum absolute atomic E-state index is 11.7. The van der Waals surface area contributed by atoms with E-state index in [1.54, 1.807) is 11.8 Å². The van der Waals surface area contributed by atoms with Crippen molar-refractivity contribution in [2.45, 2.75) is 53.9 Å². The number of nitrogens with one attached hydrogen (secondary N) is 1. The van der Waals surface area contributed by atoms with Gasteiger partial charge < -0.3 is 5.32 Å². The van der Waals surface area contributed by atoms with Gasteiger partial charge in [0.25, 0.3) is 0 Å². The van der Waals surface area contributed by atoms with Gasteiger partial charge in [-0.3, -0.25) is 4.79 Å². The van der Waals surface area contributed by atoms with Gasteiger partial charge in [0.1, 0.15) is 0 Å². The van der Waals surface area contributed by atoms with Gasteiger partial charge in [-0.15, -0.1) is 0 Å². The van der Waals surface area contributed by atoms with Gasteiger partial charge in [0.05, 0.1) is 0 Å². The predicted octanol–water partition coefficient (Wildman–Crippen LogP) is 4.97. The number of aryl methyl sites for hydroxylation is 1. The molecule has 1 N–H and O–H groups in total. The Bertz CT molecular complexity index is 806. The smallest absolute Gasteiger partial charge is 0.220 e. The second-order valence-corrected chi connectivity index (χ2v) is 8.54. The van der Waals surface area contributed by atoms with Crippen LogP contribution >= 0.6 is 23.4 Å². The minimum atomic E-state index is 0.0702. The Morgan fingerprint density at radius 1 is 1.17 bits per heavy atom. The molecule has 1 unspecified atom stereocenters. The van der Waals surface area contributed by atoms with E-state index in [4.69, 9.17) is 11.6 Å². The number of halogens is 1. The Labute approximate surface area is 152 Å². The number of piperidine rings is 1. The lowest BCUT2D eigenvalue weighted by Gasteiger charge is -2.46. The molecule has 1 aliphatic heterocycles. The van der Waals surface area contributed by atoms with Gasteiger partial charge in [-0.25, -0.2) is 0 Å². The zero-order valence-electron chi connectivity index (χ0n) is 13.6. The molecule has 1 amide bonds. The van der Waals surface area contributed by atoms with Crippen LogP contribution in [0.25, 0.3) is 0 Å². The van der Waals surface area contributed by atoms with Crippen molar-refractivity contribution in [2.24, 2.45) is 0 Å². The Balaban J connectivity index is 1.64. The molecule has 2 aromatic carbocycles. The number of rotatable bonds is 2. The van der Waals surface area contributed by atoms with Crippen molar-refractivity contribution in [1.82, 2.24) is 5.32 Å². The first-order valence-corrected chi connectivity index (χ1v) is 9.60. The van der Waals surface area contributed by atoms with E-state index < -0.39 is 0 Å². The molecular formula is C20H20ClNOS. The van der Waals surface area contributed by atoms with E-state index in [2.05, 4.69) is 36.5 Å². The third kappa shape index (κ3) is 2.84. The van der Waals surface area contributed by atoms with Crippen molar-refractivity contribution in [3.8, 4) is 0 Å². The van der Waals surface area contributed by atoms with Gasteiger partial charge in [0.15, 0.2) is 0 Å². The highest BCUT2D eigenvalue weighted by atomic mass is 35.5. The summed E-state index contributed by atoms with van der Waals surface area (Å²) in [5.74, 6) is 0.203. The highest BCUT2D eigenvalue weighted by Crippen LogP contribution is 2.44. The van der Waals surface area contributed by atoms with Gasteiger partial charge in [-0.05, 0) is 60.7 Å². The van der Waals surface area contributed by atoms with Crippen LogP contribution < -0.4 is 5.32 Å². The molecule has 1 fully saturated rings. The van der Waals surface area contributed by atoms with E-state index in [1.807, 2.05) is 18.2 Å². The minimum Gasteiger partial charge on any atom is -0.352 e. The Hall–Kier alpha value is -1.45. The highest BCUT2D eigenvalue weighted by molar-refractivity contribution is 7.99. The van der Waals surface area contributed by atoms with Crippen molar-refractivity contribution in [1.29, 1.82) is 0 Å². The van der Waals surface area contributed by atoms with Gasteiger partial charge in [-0.1, -0.05) is 42.4 Å². The van der Waals surface area contributed by atoms with Gasteiger partial charge in [0, 0.05) is 32.7 Å². The largest absolute Gasteiger partial charge is 0.352 e. The Kier molecular flexibility index (Phi) is 4.09. The molecule has 0 aromatic heterocycles. The van der Waals surface area contributed by atoms with Crippen LogP contribution in [0.1, 0.15) is 37.3 Å². The Morgan fingerprint density at radius 2 is 2.00 bits per heavy atom. The molecule has 2 nitrogen and oxygen atoms in total. The fourth-order valence-corrected chi connectivity index (χ4v) is 5.25. The molecule has 1 saturated heterocycles. The van der Waals surface area contributed by atoms with Crippen LogP contribution in [-0.4, -0.2) is 11.9 Å². The highest BCUT2D eigenvalue weighted by Gasteiger charge is 2.43. The molecule has 0 spiro atoms. The van der Waals surface area contributed by atoms with Crippen LogP contribution in [0.3, 0.4) is 0 Å². The molecule has 0 radical (unpaired) electrons. The summed E-state index contributed by atoms with van der Waals surface area (Å²) in [5, 5.41) is 3.97. The normalized spacial score (nSPS) is 25.6. The molecule has 4 rings (SSSR count). The van der Waals surface area contributed by atoms with Crippen molar-refractivity contribution in [2.75, 3.05) is 0 Å². The maximum atomic E-state index is 11.7. The fourth-order valence-electron chi connectivity index (χ4n) is 4.05. The van der Waals surface area contributed by atoms with Crippen LogP contribution in [0.5, 0.6) is 0 Å². The average Bonchev–Trinajstić information content (AvgIpc) is 2.55. The first kappa shape index (κ1) is 16.0. The predicted molar refractivity (Wildman–Crippen MR) is 98.9 cm³/mol. The third-order valence-corrected chi connectivity index (χ3v) is 6.62. The molecular weight excluding hydrogens is 338 g/mol. The third-order valence-electron chi connectivity index (χ3n) is 5.40. The second kappa shape index (κ2) is 6.12. The summed E-state index contributed by atoms with van der Waals surface area (Å²) >= 11 is 7.83. The molecule has 1 aliphatic carbocycles. The number of benzene rings is 2. The molecule has 1 heterocycles. The van der Waals surface area contributed by atoms with Crippen molar-refractivity contribution in [3.63, 3.8) is 0 Å². The summed E-state index contributed by atoms with van der Waals surface area (Å²) < 4.78 is 0. The van der Waals surface area contributed by atoms with E-state index in [-0.39, 0.29) is 17.4 Å². The van der Waals surface area contributed by atoms with E-state index in [9.17, 15) is 4.79 Å². The number of fused-ring (bicyclic) bond motifs is 3. The van der Waals surface area contributed by atoms with Crippen LogP contribution in [0.2, 0.25) is 5.02 Å². The van der Waals surface area contributed by atoms with Crippen LogP contribution in [0.4, 0.5) is 0 Å². The maximum Gasteiger partial charge on any atom is 0.220 e. The summed E-state index contributed by atoms with van der Waals surface area (Å²) in [6, 6.07) is 15.0. The van der Waals surface area contributed by atoms with Crippen molar-refractivity contribution in [3.05, 3.63) is 58.6 Å². The zero-order valence-corrected chi connectivity index (χ0v) is 15.2. The molecule has 0 bridgehead atoms. The van der Waals surface area contributed by atoms with Crippen LogP contribution in [0.15, 0.2) is 52.3 Å². The first-order chi connectivity index (χ1) is 11.5. The van der Waals surface area contributed by atoms with Gasteiger partial charge >= 0.3 is 0 Å². The Morgan fingerprint density at radius 3 is 2.83 bits per heavy atom. The summed E-state index contributed by atoms with van der Waals surface area (Å²) in [5.41, 5.74) is 2.91. The molecule has 2 aliphatic rings. The molecule has 24 heavy (non-hydrogen) atoms.